The van der Waals surface area contributed by atoms with Crippen LogP contribution in [-0.4, -0.2) is 17.8 Å². The Kier molecular flexibility index (Phi) is 14.6. The van der Waals surface area contributed by atoms with Gasteiger partial charge < -0.3 is 9.47 Å². The lowest BCUT2D eigenvalue weighted by Gasteiger charge is -2.41. The minimum atomic E-state index is -0.0573. The van der Waals surface area contributed by atoms with E-state index >= 15 is 0 Å². The zero-order chi connectivity index (χ0) is 66.8. The molecule has 0 fully saturated rings. The molecule has 0 spiro atoms. The highest BCUT2D eigenvalue weighted by molar-refractivity contribution is 8.00. The topological polar surface area (TPSA) is 8.17 Å². The van der Waals surface area contributed by atoms with Crippen molar-refractivity contribution in [2.75, 3.05) is 11.4 Å². The molecule has 1 aromatic heterocycles. The Morgan fingerprint density at radius 1 is 0.368 bits per heavy atom. The molecule has 0 bridgehead atoms. The summed E-state index contributed by atoms with van der Waals surface area (Å²) < 4.78 is 2.56. The molecule has 15 rings (SSSR count). The Labute approximate surface area is 570 Å². The molecule has 476 valence electrons. The van der Waals surface area contributed by atoms with Gasteiger partial charge in [0.05, 0.1) is 11.0 Å². The van der Waals surface area contributed by atoms with Crippen molar-refractivity contribution in [3.8, 4) is 39.1 Å². The first-order valence-corrected chi connectivity index (χ1v) is 35.7. The summed E-state index contributed by atoms with van der Waals surface area (Å²) in [7, 11) is 0. The summed E-state index contributed by atoms with van der Waals surface area (Å²) in [5.41, 5.74) is 27.7. The highest BCUT2D eigenvalue weighted by atomic mass is 32.2. The standard InChI is InChI=1S/C91H93BN2S/c1-86(2,3)54-55-41-80-85-82(42-55)95-81-53-67(94-77-37-32-62(87(4,5)6)48-72(77)73-49-63(88(7,8)9)33-38-78(73)94)34-35-75(81)92(85)76-47-58(69-46-61-45-64(89(10,11)12)43-59-29-30-60-44-65(90(13,14)15)52-74(69)84(60)83(59)61)31-36-79(76)93(80)40-39-68-70(56-25-21-19-22-26-56)50-66(91(16,17)18)51-71(68)57-27-23-20-24-28-57/h19-38,41-53H,39-40,54H2,1-18H3. The van der Waals surface area contributed by atoms with E-state index in [0.717, 1.165) is 19.4 Å². The molecule has 4 heteroatoms. The molecular weight excluding hydrogens is 1160 g/mol. The van der Waals surface area contributed by atoms with Gasteiger partial charge in [0.2, 0.25) is 6.71 Å². The molecule has 0 saturated carbocycles. The van der Waals surface area contributed by atoms with Gasteiger partial charge in [0, 0.05) is 44.2 Å². The van der Waals surface area contributed by atoms with Gasteiger partial charge in [-0.25, -0.2) is 0 Å². The van der Waals surface area contributed by atoms with Crippen molar-refractivity contribution >= 4 is 100 Å². The first kappa shape index (κ1) is 62.8. The zero-order valence-corrected chi connectivity index (χ0v) is 60.4. The van der Waals surface area contributed by atoms with E-state index in [4.69, 9.17) is 0 Å². The molecule has 0 aliphatic carbocycles. The number of rotatable bonds is 8. The predicted octanol–water partition coefficient (Wildman–Crippen LogP) is 23.4. The maximum atomic E-state index is 2.76. The van der Waals surface area contributed by atoms with Crippen molar-refractivity contribution in [1.82, 2.24) is 4.57 Å². The van der Waals surface area contributed by atoms with E-state index in [-0.39, 0.29) is 39.2 Å². The first-order chi connectivity index (χ1) is 44.8. The molecule has 0 unspecified atom stereocenters. The fraction of sp³-hybridized carbons (Fsp3) is 0.297. The summed E-state index contributed by atoms with van der Waals surface area (Å²) in [5, 5.41) is 10.6. The number of fused-ring (bicyclic) bond motifs is 7. The van der Waals surface area contributed by atoms with Crippen LogP contribution >= 0.6 is 11.8 Å². The fourth-order valence-electron chi connectivity index (χ4n) is 15.7. The maximum Gasteiger partial charge on any atom is 0.249 e. The van der Waals surface area contributed by atoms with Gasteiger partial charge in [0.1, 0.15) is 0 Å². The van der Waals surface area contributed by atoms with Crippen LogP contribution in [0.2, 0.25) is 0 Å². The van der Waals surface area contributed by atoms with Gasteiger partial charge in [0.15, 0.2) is 0 Å². The number of aromatic nitrogens is 1. The predicted molar refractivity (Wildman–Crippen MR) is 416 cm³/mol. The molecule has 0 atom stereocenters. The SMILES string of the molecule is CC(C)(C)Cc1cc2c3c(c1)N(CCc1c(-c4ccccc4)cc(C(C)(C)C)cc1-c1ccccc1)c1ccc(-c4cc5cc(C(C)(C)C)cc6ccc7cc(C(C)(C)C)cc4c7c65)cc1B3c1ccc(-n3c4ccc(C(C)(C)C)cc4c4cc(C(C)(C)C)ccc43)cc1S2. The summed E-state index contributed by atoms with van der Waals surface area (Å²) in [4.78, 5) is 5.44. The Hall–Kier alpha value is -8.31. The largest absolute Gasteiger partial charge is 0.342 e. The molecule has 0 saturated heterocycles. The van der Waals surface area contributed by atoms with Gasteiger partial charge >= 0.3 is 0 Å². The Morgan fingerprint density at radius 3 is 1.45 bits per heavy atom. The monoisotopic (exact) mass is 1260 g/mol. The van der Waals surface area contributed by atoms with E-state index in [0.29, 0.717) is 0 Å². The second-order valence-electron chi connectivity index (χ2n) is 34.4. The van der Waals surface area contributed by atoms with E-state index in [1.165, 1.54) is 170 Å². The molecule has 2 aliphatic rings. The van der Waals surface area contributed by atoms with E-state index in [9.17, 15) is 0 Å². The van der Waals surface area contributed by atoms with Crippen molar-refractivity contribution in [2.45, 2.75) is 174 Å². The number of hydrogen-bond acceptors (Lipinski definition) is 2. The minimum Gasteiger partial charge on any atom is -0.342 e. The molecular formula is C91H93BN2S. The molecule has 0 amide bonds. The summed E-state index contributed by atoms with van der Waals surface area (Å²) in [6.45, 7) is 43.2. The first-order valence-electron chi connectivity index (χ1n) is 34.9. The van der Waals surface area contributed by atoms with Crippen LogP contribution in [0.3, 0.4) is 0 Å². The van der Waals surface area contributed by atoms with Crippen molar-refractivity contribution in [3.63, 3.8) is 0 Å². The van der Waals surface area contributed by atoms with Gasteiger partial charge in [0.25, 0.3) is 0 Å². The zero-order valence-electron chi connectivity index (χ0n) is 59.6. The molecule has 2 nitrogen and oxygen atoms in total. The van der Waals surface area contributed by atoms with Gasteiger partial charge in [-0.05, 0) is 228 Å². The lowest BCUT2D eigenvalue weighted by atomic mass is 9.34. The third-order valence-corrected chi connectivity index (χ3v) is 22.1. The van der Waals surface area contributed by atoms with Crippen LogP contribution in [-0.2, 0) is 39.9 Å². The highest BCUT2D eigenvalue weighted by Crippen LogP contribution is 2.48. The number of benzene rings is 12. The number of anilines is 2. The molecule has 95 heavy (non-hydrogen) atoms. The van der Waals surface area contributed by atoms with Crippen molar-refractivity contribution < 1.29 is 0 Å². The van der Waals surface area contributed by atoms with Crippen LogP contribution in [0.1, 0.15) is 164 Å². The second-order valence-corrected chi connectivity index (χ2v) is 35.5. The van der Waals surface area contributed by atoms with E-state index in [1.54, 1.807) is 0 Å². The maximum absolute atomic E-state index is 2.76. The minimum absolute atomic E-state index is 0.00890. The smallest absolute Gasteiger partial charge is 0.249 e. The summed E-state index contributed by atoms with van der Waals surface area (Å²) >= 11 is 1.99. The molecule has 13 aromatic rings. The van der Waals surface area contributed by atoms with E-state index in [2.05, 4.69) is 334 Å². The van der Waals surface area contributed by atoms with E-state index in [1.807, 2.05) is 11.8 Å². The van der Waals surface area contributed by atoms with Crippen molar-refractivity contribution in [1.29, 1.82) is 0 Å². The molecule has 0 radical (unpaired) electrons. The average molecular weight is 1260 g/mol. The Morgan fingerprint density at radius 2 is 0.895 bits per heavy atom. The van der Waals surface area contributed by atoms with Crippen LogP contribution in [0.15, 0.2) is 210 Å². The molecule has 0 N–H and O–H groups in total. The quantitative estimate of drug-likeness (QED) is 0.111. The summed E-state index contributed by atoms with van der Waals surface area (Å²) in [5.74, 6) is 0. The molecule has 3 heterocycles. The summed E-state index contributed by atoms with van der Waals surface area (Å²) in [6.07, 6.45) is 1.80. The lowest BCUT2D eigenvalue weighted by molar-refractivity contribution is 0.411. The summed E-state index contributed by atoms with van der Waals surface area (Å²) in [6, 6.07) is 79.5. The number of nitrogens with zero attached hydrogens (tertiary/aromatic N) is 2. The van der Waals surface area contributed by atoms with Gasteiger partial charge in [-0.1, -0.05) is 275 Å². The lowest BCUT2D eigenvalue weighted by Crippen LogP contribution is -2.60. The van der Waals surface area contributed by atoms with Crippen LogP contribution in [0, 0.1) is 5.41 Å². The van der Waals surface area contributed by atoms with Crippen LogP contribution in [0.4, 0.5) is 11.4 Å². The molecule has 12 aromatic carbocycles. The van der Waals surface area contributed by atoms with Gasteiger partial charge in [-0.15, -0.1) is 0 Å². The normalized spacial score (nSPS) is 13.8. The van der Waals surface area contributed by atoms with Crippen LogP contribution < -0.4 is 21.3 Å². The molecule has 2 aliphatic heterocycles. The average Bonchev–Trinajstić information content (AvgIpc) is 1.28. The Bertz CT molecular complexity index is 5100. The third kappa shape index (κ3) is 11.1. The highest BCUT2D eigenvalue weighted by Gasteiger charge is 2.42. The fourth-order valence-corrected chi connectivity index (χ4v) is 17.0. The second kappa shape index (κ2) is 22.1. The van der Waals surface area contributed by atoms with Gasteiger partial charge in [-0.3, -0.25) is 0 Å². The van der Waals surface area contributed by atoms with Crippen LogP contribution in [0.25, 0.3) is 93.2 Å². The third-order valence-electron chi connectivity index (χ3n) is 21.0. The van der Waals surface area contributed by atoms with E-state index < -0.39 is 0 Å². The van der Waals surface area contributed by atoms with Crippen molar-refractivity contribution in [3.05, 3.63) is 239 Å². The van der Waals surface area contributed by atoms with Crippen LogP contribution in [0.5, 0.6) is 0 Å². The van der Waals surface area contributed by atoms with Crippen molar-refractivity contribution in [2.24, 2.45) is 5.41 Å². The number of hydrogen-bond donors (Lipinski definition) is 0. The van der Waals surface area contributed by atoms with Gasteiger partial charge in [-0.2, -0.15) is 0 Å². The Balaban J connectivity index is 0.988.